The third-order valence-electron chi connectivity index (χ3n) is 2.99. The Morgan fingerprint density at radius 1 is 1.31 bits per heavy atom. The van der Waals surface area contributed by atoms with Crippen molar-refractivity contribution in [1.29, 1.82) is 0 Å². The van der Waals surface area contributed by atoms with E-state index < -0.39 is 0 Å². The van der Waals surface area contributed by atoms with Gasteiger partial charge in [0.05, 0.1) is 5.60 Å². The predicted octanol–water partition coefficient (Wildman–Crippen LogP) is 2.77. The number of benzene rings is 1. The van der Waals surface area contributed by atoms with Gasteiger partial charge in [-0.3, -0.25) is 4.84 Å². The molecule has 0 atom stereocenters. The molecule has 0 spiro atoms. The number of aromatic nitrogens is 1. The number of aryl methyl sites for hydroxylation is 1. The van der Waals surface area contributed by atoms with Gasteiger partial charge < -0.3 is 4.98 Å². The molecule has 86 valence electrons. The molecule has 0 aliphatic rings. The van der Waals surface area contributed by atoms with Crippen LogP contribution in [0.25, 0.3) is 10.9 Å². The fraction of sp³-hybridized carbons (Fsp3) is 0.385. The van der Waals surface area contributed by atoms with Gasteiger partial charge in [-0.05, 0) is 38.3 Å². The standard InChI is InChI=1S/C13H18N2O/c1-13(2,16-14)8-7-10-9-15-12-6-4-3-5-11(10)12/h3-6,9,15H,7-8,14H2,1-2H3. The van der Waals surface area contributed by atoms with Gasteiger partial charge in [0.15, 0.2) is 0 Å². The summed E-state index contributed by atoms with van der Waals surface area (Å²) in [5, 5.41) is 1.29. The number of hydrogen-bond donors (Lipinski definition) is 2. The molecule has 3 heteroatoms. The van der Waals surface area contributed by atoms with Crippen LogP contribution in [0.4, 0.5) is 0 Å². The van der Waals surface area contributed by atoms with Gasteiger partial charge in [-0.1, -0.05) is 18.2 Å². The molecule has 1 aromatic heterocycles. The quantitative estimate of drug-likeness (QED) is 0.775. The average molecular weight is 218 g/mol. The summed E-state index contributed by atoms with van der Waals surface area (Å²) in [6, 6.07) is 8.32. The number of rotatable bonds is 4. The number of H-pyrrole nitrogens is 1. The molecule has 0 radical (unpaired) electrons. The van der Waals surface area contributed by atoms with E-state index >= 15 is 0 Å². The summed E-state index contributed by atoms with van der Waals surface area (Å²) < 4.78 is 0. The minimum Gasteiger partial charge on any atom is -0.361 e. The number of hydrogen-bond acceptors (Lipinski definition) is 2. The Hall–Kier alpha value is -1.32. The first kappa shape index (κ1) is 11.2. The number of aromatic amines is 1. The second-order valence-electron chi connectivity index (χ2n) is 4.74. The van der Waals surface area contributed by atoms with E-state index in [1.807, 2.05) is 19.9 Å². The SMILES string of the molecule is CC(C)(CCc1c[nH]c2ccccc12)ON. The van der Waals surface area contributed by atoms with Crippen LogP contribution in [0.3, 0.4) is 0 Å². The summed E-state index contributed by atoms with van der Waals surface area (Å²) in [5.74, 6) is 5.25. The number of nitrogens with two attached hydrogens (primary N) is 1. The second-order valence-corrected chi connectivity index (χ2v) is 4.74. The van der Waals surface area contributed by atoms with Crippen molar-refractivity contribution in [3.63, 3.8) is 0 Å². The fourth-order valence-corrected chi connectivity index (χ4v) is 1.83. The van der Waals surface area contributed by atoms with Gasteiger partial charge in [0, 0.05) is 17.1 Å². The topological polar surface area (TPSA) is 51.0 Å². The lowest BCUT2D eigenvalue weighted by atomic mass is 9.98. The maximum Gasteiger partial charge on any atom is 0.0841 e. The molecule has 2 aromatic rings. The largest absolute Gasteiger partial charge is 0.361 e. The third kappa shape index (κ3) is 2.26. The highest BCUT2D eigenvalue weighted by atomic mass is 16.6. The summed E-state index contributed by atoms with van der Waals surface area (Å²) in [5.41, 5.74) is 2.24. The first-order chi connectivity index (χ1) is 7.62. The van der Waals surface area contributed by atoms with Gasteiger partial charge in [-0.15, -0.1) is 0 Å². The molecule has 0 amide bonds. The van der Waals surface area contributed by atoms with Crippen LogP contribution in [0, 0.1) is 0 Å². The minimum absolute atomic E-state index is 0.266. The molecule has 16 heavy (non-hydrogen) atoms. The Morgan fingerprint density at radius 3 is 2.81 bits per heavy atom. The molecule has 3 N–H and O–H groups in total. The monoisotopic (exact) mass is 218 g/mol. The van der Waals surface area contributed by atoms with Gasteiger partial charge in [0.1, 0.15) is 0 Å². The summed E-state index contributed by atoms with van der Waals surface area (Å²) in [6.45, 7) is 4.00. The molecule has 0 saturated carbocycles. The molecule has 3 nitrogen and oxygen atoms in total. The molecular formula is C13H18N2O. The summed E-state index contributed by atoms with van der Waals surface area (Å²) in [7, 11) is 0. The number of para-hydroxylation sites is 1. The van der Waals surface area contributed by atoms with Crippen molar-refractivity contribution in [3.8, 4) is 0 Å². The molecule has 2 rings (SSSR count). The molecule has 0 aliphatic carbocycles. The normalized spacial score (nSPS) is 12.2. The van der Waals surface area contributed by atoms with Crippen LogP contribution >= 0.6 is 0 Å². The highest BCUT2D eigenvalue weighted by Crippen LogP contribution is 2.22. The van der Waals surface area contributed by atoms with E-state index in [-0.39, 0.29) is 5.60 Å². The average Bonchev–Trinajstić information content (AvgIpc) is 2.70. The Morgan fingerprint density at radius 2 is 2.06 bits per heavy atom. The Balaban J connectivity index is 2.16. The van der Waals surface area contributed by atoms with Crippen LogP contribution in [0.1, 0.15) is 25.8 Å². The highest BCUT2D eigenvalue weighted by molar-refractivity contribution is 5.82. The zero-order chi connectivity index (χ0) is 11.6. The first-order valence-corrected chi connectivity index (χ1v) is 5.55. The van der Waals surface area contributed by atoms with Crippen LogP contribution in [-0.2, 0) is 11.3 Å². The van der Waals surface area contributed by atoms with E-state index in [4.69, 9.17) is 10.7 Å². The van der Waals surface area contributed by atoms with E-state index in [2.05, 4.69) is 29.4 Å². The molecule has 1 heterocycles. The van der Waals surface area contributed by atoms with Crippen LogP contribution in [-0.4, -0.2) is 10.6 Å². The van der Waals surface area contributed by atoms with E-state index in [0.717, 1.165) is 12.8 Å². The molecule has 0 saturated heterocycles. The molecule has 0 aliphatic heterocycles. The molecular weight excluding hydrogens is 200 g/mol. The van der Waals surface area contributed by atoms with Crippen molar-refractivity contribution in [3.05, 3.63) is 36.0 Å². The minimum atomic E-state index is -0.266. The predicted molar refractivity (Wildman–Crippen MR) is 66.0 cm³/mol. The van der Waals surface area contributed by atoms with Crippen molar-refractivity contribution in [2.75, 3.05) is 0 Å². The summed E-state index contributed by atoms with van der Waals surface area (Å²) >= 11 is 0. The Kier molecular flexibility index (Phi) is 2.99. The van der Waals surface area contributed by atoms with Crippen LogP contribution in [0.2, 0.25) is 0 Å². The molecule has 1 aromatic carbocycles. The van der Waals surface area contributed by atoms with E-state index in [9.17, 15) is 0 Å². The summed E-state index contributed by atoms with van der Waals surface area (Å²) in [6.07, 6.45) is 3.94. The van der Waals surface area contributed by atoms with E-state index in [1.54, 1.807) is 0 Å². The van der Waals surface area contributed by atoms with Crippen LogP contribution in [0.15, 0.2) is 30.5 Å². The van der Waals surface area contributed by atoms with Crippen molar-refractivity contribution >= 4 is 10.9 Å². The highest BCUT2D eigenvalue weighted by Gasteiger charge is 2.17. The lowest BCUT2D eigenvalue weighted by Crippen LogP contribution is -2.28. The lowest BCUT2D eigenvalue weighted by molar-refractivity contribution is -0.0249. The van der Waals surface area contributed by atoms with Crippen LogP contribution < -0.4 is 5.90 Å². The van der Waals surface area contributed by atoms with Crippen molar-refractivity contribution < 1.29 is 4.84 Å². The molecule has 0 unspecified atom stereocenters. The van der Waals surface area contributed by atoms with Gasteiger partial charge >= 0.3 is 0 Å². The van der Waals surface area contributed by atoms with E-state index in [1.165, 1.54) is 16.5 Å². The van der Waals surface area contributed by atoms with Gasteiger partial charge in [-0.25, -0.2) is 5.90 Å². The zero-order valence-electron chi connectivity index (χ0n) is 9.79. The number of fused-ring (bicyclic) bond motifs is 1. The Labute approximate surface area is 95.6 Å². The second kappa shape index (κ2) is 4.28. The van der Waals surface area contributed by atoms with E-state index in [0.29, 0.717) is 0 Å². The van der Waals surface area contributed by atoms with Crippen molar-refractivity contribution in [2.24, 2.45) is 5.90 Å². The Bertz CT molecular complexity index is 473. The van der Waals surface area contributed by atoms with Gasteiger partial charge in [-0.2, -0.15) is 0 Å². The zero-order valence-corrected chi connectivity index (χ0v) is 9.79. The summed E-state index contributed by atoms with van der Waals surface area (Å²) in [4.78, 5) is 8.21. The maximum absolute atomic E-state index is 5.25. The maximum atomic E-state index is 5.25. The van der Waals surface area contributed by atoms with Gasteiger partial charge in [0.25, 0.3) is 0 Å². The smallest absolute Gasteiger partial charge is 0.0841 e. The number of nitrogens with one attached hydrogen (secondary N) is 1. The molecule has 0 bridgehead atoms. The fourth-order valence-electron chi connectivity index (χ4n) is 1.83. The van der Waals surface area contributed by atoms with Crippen LogP contribution in [0.5, 0.6) is 0 Å². The molecule has 0 fully saturated rings. The first-order valence-electron chi connectivity index (χ1n) is 5.55. The lowest BCUT2D eigenvalue weighted by Gasteiger charge is -2.21. The third-order valence-corrected chi connectivity index (χ3v) is 2.99. The van der Waals surface area contributed by atoms with Gasteiger partial charge in [0.2, 0.25) is 0 Å². The van der Waals surface area contributed by atoms with Crippen molar-refractivity contribution in [2.45, 2.75) is 32.3 Å². The van der Waals surface area contributed by atoms with Crippen molar-refractivity contribution in [1.82, 2.24) is 4.98 Å².